The Morgan fingerprint density at radius 3 is 0.676 bits per heavy atom. The summed E-state index contributed by atoms with van der Waals surface area (Å²) in [5.41, 5.74) is 23.8. The molecular weight excluding hydrogens is 856 g/mol. The van der Waals surface area contributed by atoms with Crippen LogP contribution in [0.4, 0.5) is 0 Å². The third-order valence-corrected chi connectivity index (χ3v) is 20.2. The average molecular weight is 920 g/mol. The first-order valence-electron chi connectivity index (χ1n) is 24.4. The number of hydrogen-bond acceptors (Lipinski definition) is 0. The van der Waals surface area contributed by atoms with Gasteiger partial charge in [0.25, 0.3) is 0 Å². The van der Waals surface area contributed by atoms with Gasteiger partial charge in [0.15, 0.2) is 0 Å². The van der Waals surface area contributed by atoms with E-state index < -0.39 is 7.38 Å². The lowest BCUT2D eigenvalue weighted by atomic mass is 9.91. The first kappa shape index (κ1) is 46.6. The van der Waals surface area contributed by atoms with E-state index in [-0.39, 0.29) is 0 Å². The first-order valence-corrected chi connectivity index (χ1v) is 27.4. The van der Waals surface area contributed by atoms with Gasteiger partial charge in [0.2, 0.25) is 7.38 Å². The lowest BCUT2D eigenvalue weighted by molar-refractivity contribution is 1.09. The molecule has 0 amide bonds. The Hall–Kier alpha value is -6.51. The zero-order valence-corrected chi connectivity index (χ0v) is 42.4. The summed E-state index contributed by atoms with van der Waals surface area (Å²) in [7, 11) is -3.76. The average Bonchev–Trinajstić information content (AvgIpc) is 3.35. The Kier molecular flexibility index (Phi) is 14.2. The van der Waals surface area contributed by atoms with E-state index in [1.807, 2.05) is 0 Å². The third kappa shape index (κ3) is 9.88. The fraction of sp³-hybridized carbons (Fsp3) is 0.182. The van der Waals surface area contributed by atoms with Gasteiger partial charge >= 0.3 is 0 Å². The molecule has 0 aliphatic carbocycles. The van der Waals surface area contributed by atoms with Gasteiger partial charge in [-0.25, -0.2) is 0 Å². The van der Waals surface area contributed by atoms with Gasteiger partial charge in [-0.3, -0.25) is 0 Å². The zero-order chi connectivity index (χ0) is 47.2. The van der Waals surface area contributed by atoms with Crippen LogP contribution in [-0.2, 0) is 38.5 Å². The van der Waals surface area contributed by atoms with Crippen molar-refractivity contribution in [3.63, 3.8) is 0 Å². The van der Waals surface area contributed by atoms with Crippen molar-refractivity contribution in [2.75, 3.05) is 0 Å². The minimum absolute atomic E-state index is 0.778. The van der Waals surface area contributed by atoms with Crippen molar-refractivity contribution in [1.29, 1.82) is 0 Å². The lowest BCUT2D eigenvalue weighted by Gasteiger charge is -2.39. The van der Waals surface area contributed by atoms with E-state index in [9.17, 15) is 11.1 Å². The van der Waals surface area contributed by atoms with Crippen LogP contribution in [-0.4, -0.2) is 7.38 Å². The highest BCUT2D eigenvalue weighted by atomic mass is 35.6. The van der Waals surface area contributed by atoms with Crippen LogP contribution in [0.5, 0.6) is 0 Å². The van der Waals surface area contributed by atoms with Crippen LogP contribution in [0.15, 0.2) is 200 Å². The van der Waals surface area contributed by atoms with Gasteiger partial charge in [0, 0.05) is 0 Å². The van der Waals surface area contributed by atoms with E-state index in [0.29, 0.717) is 0 Å². The molecule has 0 N–H and O–H groups in total. The van der Waals surface area contributed by atoms with Crippen LogP contribution in [0.25, 0.3) is 0 Å². The molecule has 0 fully saturated rings. The van der Waals surface area contributed by atoms with E-state index in [1.54, 1.807) is 0 Å². The predicted octanol–water partition coefficient (Wildman–Crippen LogP) is 14.3. The summed E-state index contributed by atoms with van der Waals surface area (Å²) >= 11 is 9.86. The first-order chi connectivity index (χ1) is 33.1. The molecule has 2 heteroatoms. The zero-order valence-electron chi connectivity index (χ0n) is 40.7. The molecule has 0 saturated heterocycles. The normalized spacial score (nSPS) is 11.5. The molecule has 0 aliphatic heterocycles. The van der Waals surface area contributed by atoms with Crippen molar-refractivity contribution in [2.45, 2.75) is 80.1 Å². The van der Waals surface area contributed by atoms with Crippen molar-refractivity contribution in [3.05, 3.63) is 300 Å². The van der Waals surface area contributed by atoms with Gasteiger partial charge in [-0.15, -0.1) is 11.1 Å². The van der Waals surface area contributed by atoms with Gasteiger partial charge < -0.3 is 0 Å². The monoisotopic (exact) mass is 918 g/mol. The number of halogens is 1. The molecule has 0 aromatic heterocycles. The summed E-state index contributed by atoms with van der Waals surface area (Å²) in [5.74, 6) is 0. The van der Waals surface area contributed by atoms with Crippen LogP contribution < -0.4 is 15.6 Å². The maximum absolute atomic E-state index is 9.86. The van der Waals surface area contributed by atoms with Crippen molar-refractivity contribution in [2.24, 2.45) is 0 Å². The Labute approximate surface area is 412 Å². The Morgan fingerprint density at radius 1 is 0.279 bits per heavy atom. The molecule has 9 rings (SSSR count). The summed E-state index contributed by atoms with van der Waals surface area (Å²) in [5, 5.41) is 4.07. The van der Waals surface area contributed by atoms with E-state index in [0.717, 1.165) is 38.5 Å². The molecule has 338 valence electrons. The van der Waals surface area contributed by atoms with E-state index in [2.05, 4.69) is 242 Å². The quantitative estimate of drug-likeness (QED) is 0.0546. The van der Waals surface area contributed by atoms with E-state index in [4.69, 9.17) is 0 Å². The van der Waals surface area contributed by atoms with Gasteiger partial charge in [-0.2, -0.15) is 0 Å². The van der Waals surface area contributed by atoms with Gasteiger partial charge in [0.1, 0.15) is 0 Å². The smallest absolute Gasteiger partial charge is 0.149 e. The molecule has 0 radical (unpaired) electrons. The maximum Gasteiger partial charge on any atom is 0.249 e. The molecule has 9 aromatic rings. The summed E-state index contributed by atoms with van der Waals surface area (Å²) < 4.78 is 0. The molecule has 0 bridgehead atoms. The Morgan fingerprint density at radius 2 is 0.471 bits per heavy atom. The number of benzene rings is 9. The van der Waals surface area contributed by atoms with Crippen LogP contribution in [0.3, 0.4) is 0 Å². The minimum atomic E-state index is -3.76. The molecule has 0 aliphatic rings. The van der Waals surface area contributed by atoms with Crippen LogP contribution in [0.2, 0.25) is 0 Å². The van der Waals surface area contributed by atoms with Crippen molar-refractivity contribution < 1.29 is 0 Å². The van der Waals surface area contributed by atoms with Gasteiger partial charge in [0.05, 0.1) is 0 Å². The molecule has 0 atom stereocenters. The third-order valence-electron chi connectivity index (χ3n) is 14.6. The minimum Gasteiger partial charge on any atom is -0.149 e. The highest BCUT2D eigenvalue weighted by Gasteiger charge is 2.48. The number of rotatable bonds is 15. The molecule has 0 nitrogen and oxygen atoms in total. The molecule has 0 spiro atoms. The number of aryl methyl sites for hydroxylation is 3. The van der Waals surface area contributed by atoms with Crippen molar-refractivity contribution in [3.8, 4) is 0 Å². The maximum atomic E-state index is 9.86. The molecule has 0 saturated carbocycles. The Balaban J connectivity index is 1.52. The fourth-order valence-electron chi connectivity index (χ4n) is 10.8. The molecule has 68 heavy (non-hydrogen) atoms. The molecule has 9 aromatic carbocycles. The van der Waals surface area contributed by atoms with Crippen LogP contribution >= 0.6 is 11.1 Å². The Bertz CT molecular complexity index is 2800. The van der Waals surface area contributed by atoms with E-state index >= 15 is 0 Å². The SMILES string of the molecule is Cc1cc(Cc2ccccc2)c([Si](Cl)(c2c(Cc3ccccc3)cc(C)c(C)c2Cc2ccccc2)c2c(Cc3ccccc3)cc(C)c(C)c2Cc2ccccc2)c(Cc2ccccc2)c1C. The van der Waals surface area contributed by atoms with Crippen molar-refractivity contribution in [1.82, 2.24) is 0 Å². The largest absolute Gasteiger partial charge is 0.249 e. The standard InChI is InChI=1S/C66H63ClSi/c1-46-37-58(40-52-25-13-7-14-26-52)64(61(49(46)4)43-55-31-19-10-20-32-55)68(67,65-59(41-53-27-15-8-16-28-53)38-47(2)50(5)62(65)44-56-33-21-11-22-34-56)66-60(42-54-29-17-9-18-30-54)39-48(3)51(6)63(66)45-57-35-23-12-24-36-57/h7-39H,40-45H2,1-6H3. The number of hydrogen-bond donors (Lipinski definition) is 0. The molecule has 0 heterocycles. The topological polar surface area (TPSA) is 0 Å². The second-order valence-corrected chi connectivity index (χ2v) is 23.6. The predicted molar refractivity (Wildman–Crippen MR) is 294 cm³/mol. The highest BCUT2D eigenvalue weighted by Crippen LogP contribution is 2.34. The van der Waals surface area contributed by atoms with Gasteiger partial charge in [-0.05, 0) is 196 Å². The highest BCUT2D eigenvalue weighted by molar-refractivity contribution is 7.41. The summed E-state index contributed by atoms with van der Waals surface area (Å²) in [4.78, 5) is 0. The summed E-state index contributed by atoms with van der Waals surface area (Å²) in [6, 6.07) is 74.2. The summed E-state index contributed by atoms with van der Waals surface area (Å²) in [6.45, 7) is 14.0. The lowest BCUT2D eigenvalue weighted by Crippen LogP contribution is -2.69. The second-order valence-electron chi connectivity index (χ2n) is 19.1. The van der Waals surface area contributed by atoms with Crippen molar-refractivity contribution >= 4 is 34.0 Å². The molecular formula is C66H63ClSi. The van der Waals surface area contributed by atoms with Crippen LogP contribution in [0.1, 0.15) is 100 Å². The fourth-order valence-corrected chi connectivity index (χ4v) is 17.5. The second kappa shape index (κ2) is 20.8. The molecule has 0 unspecified atom stereocenters. The van der Waals surface area contributed by atoms with Gasteiger partial charge in [-0.1, -0.05) is 200 Å². The van der Waals surface area contributed by atoms with E-state index in [1.165, 1.54) is 116 Å². The van der Waals surface area contributed by atoms with Crippen LogP contribution in [0, 0.1) is 41.5 Å². The summed E-state index contributed by atoms with van der Waals surface area (Å²) in [6.07, 6.45) is 4.69.